The van der Waals surface area contributed by atoms with E-state index in [0.717, 1.165) is 0 Å². The summed E-state index contributed by atoms with van der Waals surface area (Å²) < 4.78 is 17.1. The average molecular weight is 231 g/mol. The molecule has 1 unspecified atom stereocenters. The molecule has 0 amide bonds. The van der Waals surface area contributed by atoms with Crippen LogP contribution in [0.25, 0.3) is 0 Å². The van der Waals surface area contributed by atoms with Gasteiger partial charge in [-0.1, -0.05) is 8.25 Å². The summed E-state index contributed by atoms with van der Waals surface area (Å²) in [4.78, 5) is 32.7. The molecule has 0 saturated carbocycles. The van der Waals surface area contributed by atoms with Gasteiger partial charge in [0, 0.05) is 0 Å². The Kier molecular flexibility index (Phi) is 21.4. The summed E-state index contributed by atoms with van der Waals surface area (Å²) >= 11 is 0. The van der Waals surface area contributed by atoms with Gasteiger partial charge in [-0.05, 0) is 0 Å². The number of hydrogen-bond acceptors (Lipinski definition) is 5. The maximum atomic E-state index is 8.63. The molecule has 52 valence electrons. The van der Waals surface area contributed by atoms with E-state index in [-0.39, 0.29) is 19.8 Å². The van der Waals surface area contributed by atoms with Crippen molar-refractivity contribution in [1.82, 2.24) is 0 Å². The predicted molar refractivity (Wildman–Crippen MR) is 26.0 cm³/mol. The van der Waals surface area contributed by atoms with E-state index in [1.165, 1.54) is 0 Å². The van der Waals surface area contributed by atoms with E-state index in [1.807, 2.05) is 0 Å². The van der Waals surface area contributed by atoms with Gasteiger partial charge < -0.3 is 28.7 Å². The van der Waals surface area contributed by atoms with Crippen LogP contribution in [0.2, 0.25) is 0 Å². The molecule has 0 radical (unpaired) electrons. The molecule has 0 aliphatic heterocycles. The predicted octanol–water partition coefficient (Wildman–Crippen LogP) is -3.56. The van der Waals surface area contributed by atoms with Gasteiger partial charge in [-0.15, -0.1) is 0 Å². The quantitative estimate of drug-likeness (QED) is 0.339. The van der Waals surface area contributed by atoms with Gasteiger partial charge in [-0.3, -0.25) is 0 Å². The monoisotopic (exact) mass is 230 g/mol. The van der Waals surface area contributed by atoms with E-state index in [2.05, 4.69) is 0 Å². The molecule has 0 aromatic rings. The van der Waals surface area contributed by atoms with Crippen molar-refractivity contribution in [2.75, 3.05) is 0 Å². The number of rotatable bonds is 0. The molecule has 0 bridgehead atoms. The van der Waals surface area contributed by atoms with Crippen LogP contribution in [0.5, 0.6) is 0 Å². The SMILES string of the molecule is O=[PH]([O-])O.O=[PH]([O-])[O-].[Ga+3]. The van der Waals surface area contributed by atoms with Crippen molar-refractivity contribution >= 4 is 36.3 Å². The second-order valence-corrected chi connectivity index (χ2v) is 1.55. The molecule has 0 heterocycles. The zero-order valence-electron chi connectivity index (χ0n) is 4.07. The van der Waals surface area contributed by atoms with Crippen LogP contribution in [-0.2, 0) is 9.13 Å². The normalized spacial score (nSPS) is 10.8. The largest absolute Gasteiger partial charge is 3.00 e. The first-order valence-electron chi connectivity index (χ1n) is 1.24. The summed E-state index contributed by atoms with van der Waals surface area (Å²) in [5, 5.41) is 0. The zero-order valence-corrected chi connectivity index (χ0v) is 8.49. The van der Waals surface area contributed by atoms with Crippen LogP contribution in [0.15, 0.2) is 0 Å². The molecule has 0 aliphatic carbocycles. The molecule has 0 aromatic heterocycles. The molecule has 9 heteroatoms. The Morgan fingerprint density at radius 3 is 1.11 bits per heavy atom. The fraction of sp³-hybridized carbons (Fsp3) is 0. The summed E-state index contributed by atoms with van der Waals surface area (Å²) in [5.74, 6) is 0. The molecule has 0 fully saturated rings. The van der Waals surface area contributed by atoms with E-state index >= 15 is 0 Å². The Hall–Kier alpha value is 0.936. The minimum Gasteiger partial charge on any atom is -0.813 e. The van der Waals surface area contributed by atoms with E-state index in [9.17, 15) is 0 Å². The standard InChI is InChI=1S/Ga.2H3O3P/c;2*1-4(2)3/h;2*4H,(H2,1,2,3)/q+3;;/p-3. The minimum atomic E-state index is -3.63. The summed E-state index contributed by atoms with van der Waals surface area (Å²) in [6, 6.07) is 0. The second kappa shape index (κ2) is 11.7. The van der Waals surface area contributed by atoms with Gasteiger partial charge in [-0.25, -0.2) is 0 Å². The number of hydrogen-bond donors (Lipinski definition) is 1. The fourth-order valence-electron chi connectivity index (χ4n) is 0. The van der Waals surface area contributed by atoms with Gasteiger partial charge in [0.1, 0.15) is 8.25 Å². The van der Waals surface area contributed by atoms with Crippen LogP contribution in [-0.4, -0.2) is 24.7 Å². The van der Waals surface area contributed by atoms with E-state index in [0.29, 0.717) is 0 Å². The van der Waals surface area contributed by atoms with Gasteiger partial charge in [0.25, 0.3) is 0 Å². The van der Waals surface area contributed by atoms with Crippen LogP contribution in [0.3, 0.4) is 0 Å². The van der Waals surface area contributed by atoms with Crippen LogP contribution in [0.1, 0.15) is 0 Å². The zero-order chi connectivity index (χ0) is 7.15. The minimum absolute atomic E-state index is 0. The maximum absolute atomic E-state index is 8.63. The van der Waals surface area contributed by atoms with Gasteiger partial charge in [0.2, 0.25) is 0 Å². The van der Waals surface area contributed by atoms with Crippen LogP contribution in [0, 0.1) is 0 Å². The van der Waals surface area contributed by atoms with Crippen molar-refractivity contribution in [1.29, 1.82) is 0 Å². The molecule has 6 nitrogen and oxygen atoms in total. The summed E-state index contributed by atoms with van der Waals surface area (Å²) in [6.45, 7) is 0. The van der Waals surface area contributed by atoms with Crippen molar-refractivity contribution < 1.29 is 28.7 Å². The maximum Gasteiger partial charge on any atom is 3.00 e. The van der Waals surface area contributed by atoms with Crippen molar-refractivity contribution in [2.45, 2.75) is 0 Å². The van der Waals surface area contributed by atoms with Crippen molar-refractivity contribution in [3.8, 4) is 0 Å². The Morgan fingerprint density at radius 1 is 1.11 bits per heavy atom. The fourth-order valence-corrected chi connectivity index (χ4v) is 0. The first kappa shape index (κ1) is 16.5. The Labute approximate surface area is 65.5 Å². The molecule has 0 rings (SSSR count). The first-order valence-corrected chi connectivity index (χ1v) is 3.73. The molecule has 0 aromatic carbocycles. The van der Waals surface area contributed by atoms with Gasteiger partial charge >= 0.3 is 19.8 Å². The van der Waals surface area contributed by atoms with Crippen LogP contribution in [0.4, 0.5) is 0 Å². The molecule has 0 aliphatic rings. The van der Waals surface area contributed by atoms with Crippen molar-refractivity contribution in [3.63, 3.8) is 0 Å². The third kappa shape index (κ3) is 490. The van der Waals surface area contributed by atoms with E-state index in [4.69, 9.17) is 28.7 Å². The van der Waals surface area contributed by atoms with E-state index < -0.39 is 16.5 Å². The molecule has 0 saturated heterocycles. The molecular weight excluding hydrogens is 228 g/mol. The average Bonchev–Trinajstić information content (AvgIpc) is 1.25. The van der Waals surface area contributed by atoms with Gasteiger partial charge in [0.15, 0.2) is 0 Å². The Bertz CT molecular complexity index is 69.1. The van der Waals surface area contributed by atoms with Crippen LogP contribution < -0.4 is 14.7 Å². The Morgan fingerprint density at radius 2 is 1.11 bits per heavy atom. The second-order valence-electron chi connectivity index (χ2n) is 0.516. The smallest absolute Gasteiger partial charge is 0.813 e. The first-order chi connectivity index (χ1) is 3.46. The Balaban J connectivity index is -0.0000000720. The summed E-state index contributed by atoms with van der Waals surface area (Å²) in [7, 11) is -7.01. The third-order valence-corrected chi connectivity index (χ3v) is 0. The third-order valence-electron chi connectivity index (χ3n) is 0. The van der Waals surface area contributed by atoms with Crippen LogP contribution >= 0.6 is 16.5 Å². The topological polar surface area (TPSA) is 124 Å². The molecular formula is H3GaO6P2. The summed E-state index contributed by atoms with van der Waals surface area (Å²) in [6.07, 6.45) is 0. The van der Waals surface area contributed by atoms with Crippen molar-refractivity contribution in [2.24, 2.45) is 0 Å². The molecule has 1 atom stereocenters. The molecule has 0 spiro atoms. The van der Waals surface area contributed by atoms with Gasteiger partial charge in [0.05, 0.1) is 0 Å². The van der Waals surface area contributed by atoms with E-state index in [1.54, 1.807) is 0 Å². The molecule has 9 heavy (non-hydrogen) atoms. The summed E-state index contributed by atoms with van der Waals surface area (Å²) in [5.41, 5.74) is 0. The van der Waals surface area contributed by atoms with Crippen molar-refractivity contribution in [3.05, 3.63) is 0 Å². The molecule has 1 N–H and O–H groups in total. The van der Waals surface area contributed by atoms with Gasteiger partial charge in [-0.2, -0.15) is 0 Å².